The van der Waals surface area contributed by atoms with Crippen LogP contribution in [0.5, 0.6) is 11.5 Å². The highest BCUT2D eigenvalue weighted by Gasteiger charge is 2.13. The van der Waals surface area contributed by atoms with E-state index in [1.54, 1.807) is 48.7 Å². The number of aromatic nitrogens is 2. The van der Waals surface area contributed by atoms with E-state index in [1.807, 2.05) is 6.07 Å². The van der Waals surface area contributed by atoms with Gasteiger partial charge in [0.2, 0.25) is 0 Å². The number of H-pyrrole nitrogens is 1. The van der Waals surface area contributed by atoms with Crippen molar-refractivity contribution in [3.63, 3.8) is 0 Å². The van der Waals surface area contributed by atoms with Gasteiger partial charge >= 0.3 is 5.69 Å². The number of furan rings is 1. The number of fused-ring (bicyclic) bond motifs is 1. The Kier molecular flexibility index (Phi) is 6.30. The minimum atomic E-state index is -0.542. The lowest BCUT2D eigenvalue weighted by atomic mass is 10.1. The van der Waals surface area contributed by atoms with Crippen molar-refractivity contribution >= 4 is 16.8 Å². The SMILES string of the molecule is COc1cc2[nH]c(=O)n(Cc3ccc(C(=O)NCCc4ccco4)cc3)c(=O)c2cc1OC. The molecule has 2 aromatic heterocycles. The summed E-state index contributed by atoms with van der Waals surface area (Å²) >= 11 is 0. The summed E-state index contributed by atoms with van der Waals surface area (Å²) in [7, 11) is 2.95. The molecule has 0 radical (unpaired) electrons. The topological polar surface area (TPSA) is 116 Å². The van der Waals surface area contributed by atoms with E-state index in [0.717, 1.165) is 10.3 Å². The zero-order chi connectivity index (χ0) is 23.4. The predicted octanol–water partition coefficient (Wildman–Crippen LogP) is 2.32. The summed E-state index contributed by atoms with van der Waals surface area (Å²) < 4.78 is 16.8. The Labute approximate surface area is 188 Å². The van der Waals surface area contributed by atoms with Crippen LogP contribution < -0.4 is 26.0 Å². The Morgan fingerprint density at radius 1 is 1.06 bits per heavy atom. The number of benzene rings is 2. The second-order valence-electron chi connectivity index (χ2n) is 7.36. The number of nitrogens with one attached hydrogen (secondary N) is 2. The smallest absolute Gasteiger partial charge is 0.329 e. The van der Waals surface area contributed by atoms with Gasteiger partial charge in [-0.15, -0.1) is 0 Å². The summed E-state index contributed by atoms with van der Waals surface area (Å²) in [5.41, 5.74) is 0.554. The molecular weight excluding hydrogens is 426 g/mol. The fourth-order valence-corrected chi connectivity index (χ4v) is 3.52. The maximum absolute atomic E-state index is 13.0. The van der Waals surface area contributed by atoms with Crippen LogP contribution in [0.1, 0.15) is 21.7 Å². The zero-order valence-corrected chi connectivity index (χ0v) is 18.2. The van der Waals surface area contributed by atoms with Gasteiger partial charge in [-0.3, -0.25) is 14.2 Å². The average molecular weight is 449 g/mol. The molecule has 2 aromatic carbocycles. The lowest BCUT2D eigenvalue weighted by Gasteiger charge is -2.11. The van der Waals surface area contributed by atoms with Crippen LogP contribution in [-0.4, -0.2) is 36.2 Å². The number of hydrogen-bond acceptors (Lipinski definition) is 6. The van der Waals surface area contributed by atoms with Gasteiger partial charge in [-0.2, -0.15) is 0 Å². The maximum atomic E-state index is 13.0. The molecule has 0 aliphatic carbocycles. The molecule has 4 rings (SSSR count). The quantitative estimate of drug-likeness (QED) is 0.427. The van der Waals surface area contributed by atoms with Gasteiger partial charge in [-0.1, -0.05) is 12.1 Å². The van der Waals surface area contributed by atoms with Crippen molar-refractivity contribution in [1.29, 1.82) is 0 Å². The Morgan fingerprint density at radius 2 is 1.79 bits per heavy atom. The van der Waals surface area contributed by atoms with E-state index in [-0.39, 0.29) is 12.5 Å². The van der Waals surface area contributed by atoms with E-state index >= 15 is 0 Å². The second-order valence-corrected chi connectivity index (χ2v) is 7.36. The minimum Gasteiger partial charge on any atom is -0.493 e. The van der Waals surface area contributed by atoms with Crippen molar-refractivity contribution in [2.45, 2.75) is 13.0 Å². The first kappa shape index (κ1) is 21.9. The molecule has 1 amide bonds. The lowest BCUT2D eigenvalue weighted by Crippen LogP contribution is -2.35. The van der Waals surface area contributed by atoms with Gasteiger partial charge in [0, 0.05) is 24.6 Å². The van der Waals surface area contributed by atoms with Crippen LogP contribution in [0, 0.1) is 0 Å². The first-order valence-electron chi connectivity index (χ1n) is 10.3. The third-order valence-corrected chi connectivity index (χ3v) is 5.28. The fourth-order valence-electron chi connectivity index (χ4n) is 3.52. The monoisotopic (exact) mass is 449 g/mol. The Balaban J connectivity index is 1.51. The Hall–Kier alpha value is -4.27. The molecule has 2 heterocycles. The molecule has 0 saturated heterocycles. The number of amides is 1. The fraction of sp³-hybridized carbons (Fsp3) is 0.208. The van der Waals surface area contributed by atoms with Crippen LogP contribution >= 0.6 is 0 Å². The number of methoxy groups -OCH3 is 2. The van der Waals surface area contributed by atoms with E-state index < -0.39 is 11.2 Å². The van der Waals surface area contributed by atoms with Gasteiger partial charge < -0.3 is 24.2 Å². The molecule has 9 heteroatoms. The summed E-state index contributed by atoms with van der Waals surface area (Å²) in [5.74, 6) is 1.39. The number of rotatable bonds is 8. The molecule has 0 aliphatic heterocycles. The molecule has 0 atom stereocenters. The predicted molar refractivity (Wildman–Crippen MR) is 122 cm³/mol. The van der Waals surface area contributed by atoms with Gasteiger partial charge in [0.05, 0.1) is 37.9 Å². The number of carbonyl (C=O) groups excluding carboxylic acids is 1. The molecule has 0 bridgehead atoms. The lowest BCUT2D eigenvalue weighted by molar-refractivity contribution is 0.0953. The van der Waals surface area contributed by atoms with E-state index in [4.69, 9.17) is 13.9 Å². The Morgan fingerprint density at radius 3 is 2.45 bits per heavy atom. The highest BCUT2D eigenvalue weighted by molar-refractivity contribution is 5.94. The Bertz CT molecular complexity index is 1380. The highest BCUT2D eigenvalue weighted by Crippen LogP contribution is 2.29. The minimum absolute atomic E-state index is 0.0544. The average Bonchev–Trinajstić information content (AvgIpc) is 3.35. The number of carbonyl (C=O) groups is 1. The van der Waals surface area contributed by atoms with Crippen LogP contribution in [0.4, 0.5) is 0 Å². The molecule has 2 N–H and O–H groups in total. The van der Waals surface area contributed by atoms with Gasteiger partial charge in [-0.05, 0) is 35.9 Å². The summed E-state index contributed by atoms with van der Waals surface area (Å²) in [5, 5.41) is 3.14. The van der Waals surface area contributed by atoms with Gasteiger partial charge in [0.15, 0.2) is 11.5 Å². The van der Waals surface area contributed by atoms with Crippen LogP contribution in [-0.2, 0) is 13.0 Å². The van der Waals surface area contributed by atoms with E-state index in [2.05, 4.69) is 10.3 Å². The van der Waals surface area contributed by atoms with Crippen molar-refractivity contribution in [3.05, 3.63) is 92.5 Å². The van der Waals surface area contributed by atoms with Crippen molar-refractivity contribution in [2.24, 2.45) is 0 Å². The molecule has 0 fully saturated rings. The standard InChI is InChI=1S/C24H23N3O6/c1-31-20-12-18-19(13-21(20)32-2)26-24(30)27(23(18)29)14-15-5-7-16(8-6-15)22(28)25-10-9-17-4-3-11-33-17/h3-8,11-13H,9-10,14H2,1-2H3,(H,25,28)(H,26,30). The highest BCUT2D eigenvalue weighted by atomic mass is 16.5. The van der Waals surface area contributed by atoms with E-state index in [0.29, 0.717) is 46.5 Å². The first-order valence-corrected chi connectivity index (χ1v) is 10.3. The summed E-state index contributed by atoms with van der Waals surface area (Å²) in [6, 6.07) is 13.5. The summed E-state index contributed by atoms with van der Waals surface area (Å²) in [4.78, 5) is 40.6. The molecule has 0 aliphatic rings. The zero-order valence-electron chi connectivity index (χ0n) is 18.2. The van der Waals surface area contributed by atoms with Crippen LogP contribution in [0.25, 0.3) is 10.9 Å². The van der Waals surface area contributed by atoms with E-state index in [9.17, 15) is 14.4 Å². The molecule has 0 saturated carbocycles. The number of nitrogens with zero attached hydrogens (tertiary/aromatic N) is 1. The molecular formula is C24H23N3O6. The third kappa shape index (κ3) is 4.67. The van der Waals surface area contributed by atoms with Gasteiger partial charge in [0.1, 0.15) is 5.76 Å². The second kappa shape index (κ2) is 9.47. The third-order valence-electron chi connectivity index (χ3n) is 5.28. The van der Waals surface area contributed by atoms with Crippen molar-refractivity contribution in [3.8, 4) is 11.5 Å². The van der Waals surface area contributed by atoms with Crippen LogP contribution in [0.3, 0.4) is 0 Å². The van der Waals surface area contributed by atoms with E-state index in [1.165, 1.54) is 14.2 Å². The number of ether oxygens (including phenoxy) is 2. The molecule has 0 unspecified atom stereocenters. The summed E-state index contributed by atoms with van der Waals surface area (Å²) in [6.07, 6.45) is 2.19. The maximum Gasteiger partial charge on any atom is 0.329 e. The van der Waals surface area contributed by atoms with Gasteiger partial charge in [-0.25, -0.2) is 4.79 Å². The molecule has 9 nitrogen and oxygen atoms in total. The van der Waals surface area contributed by atoms with Crippen molar-refractivity contribution in [1.82, 2.24) is 14.9 Å². The number of hydrogen-bond donors (Lipinski definition) is 2. The van der Waals surface area contributed by atoms with Crippen molar-refractivity contribution < 1.29 is 18.7 Å². The largest absolute Gasteiger partial charge is 0.493 e. The first-order chi connectivity index (χ1) is 16.0. The van der Waals surface area contributed by atoms with Crippen molar-refractivity contribution in [2.75, 3.05) is 20.8 Å². The molecule has 170 valence electrons. The van der Waals surface area contributed by atoms with Crippen LogP contribution in [0.15, 0.2) is 68.8 Å². The molecule has 33 heavy (non-hydrogen) atoms. The molecule has 0 spiro atoms. The molecule has 4 aromatic rings. The number of aromatic amines is 1. The summed E-state index contributed by atoms with van der Waals surface area (Å²) in [6.45, 7) is 0.503. The van der Waals surface area contributed by atoms with Crippen LogP contribution in [0.2, 0.25) is 0 Å². The normalized spacial score (nSPS) is 10.8. The van der Waals surface area contributed by atoms with Gasteiger partial charge in [0.25, 0.3) is 11.5 Å².